The highest BCUT2D eigenvalue weighted by atomic mass is 19.1. The Bertz CT molecular complexity index is 1200. The molecule has 2 unspecified atom stereocenters. The minimum atomic E-state index is -0.422. The number of rotatable bonds is 5. The van der Waals surface area contributed by atoms with Crippen molar-refractivity contribution in [2.24, 2.45) is 5.92 Å². The van der Waals surface area contributed by atoms with Crippen LogP contribution in [0.4, 0.5) is 4.39 Å². The van der Waals surface area contributed by atoms with Crippen molar-refractivity contribution in [2.75, 3.05) is 20.8 Å². The Hall–Kier alpha value is -2.86. The number of halogens is 1. The Balaban J connectivity index is 0.00000167. The zero-order valence-electron chi connectivity index (χ0n) is 22.0. The molecule has 0 saturated carbocycles. The zero-order chi connectivity index (χ0) is 25.9. The Labute approximate surface area is 208 Å². The van der Waals surface area contributed by atoms with E-state index in [2.05, 4.69) is 6.92 Å². The number of methoxy groups -OCH3 is 1. The molecule has 188 valence electrons. The van der Waals surface area contributed by atoms with Gasteiger partial charge in [0.2, 0.25) is 0 Å². The maximum atomic E-state index is 14.7. The van der Waals surface area contributed by atoms with Crippen molar-refractivity contribution >= 4 is 29.2 Å². The third-order valence-electron chi connectivity index (χ3n) is 7.16. The van der Waals surface area contributed by atoms with E-state index in [-0.39, 0.29) is 24.2 Å². The molecule has 2 aromatic rings. The quantitative estimate of drug-likeness (QED) is 0.499. The summed E-state index contributed by atoms with van der Waals surface area (Å²) in [5.41, 5.74) is 6.36. The molecule has 2 aliphatic rings. The average Bonchev–Trinajstić information content (AvgIpc) is 2.90. The topological polar surface area (TPSA) is 59.5 Å². The second-order valence-corrected chi connectivity index (χ2v) is 9.20. The lowest BCUT2D eigenvalue weighted by Gasteiger charge is -2.29. The monoisotopic (exact) mass is 480 g/mol. The minimum absolute atomic E-state index is 0.122. The van der Waals surface area contributed by atoms with Gasteiger partial charge in [-0.05, 0) is 60.4 Å². The highest BCUT2D eigenvalue weighted by Gasteiger charge is 2.30. The van der Waals surface area contributed by atoms with Crippen LogP contribution in [0.15, 0.2) is 23.3 Å². The van der Waals surface area contributed by atoms with E-state index >= 15 is 0 Å². The molecular formula is C29H37FN2O3. The predicted molar refractivity (Wildman–Crippen MR) is 139 cm³/mol. The molecule has 0 N–H and O–H groups in total. The fraction of sp³-hybridized carbons (Fsp3) is 0.483. The van der Waals surface area contributed by atoms with Gasteiger partial charge in [-0.3, -0.25) is 4.79 Å². The largest absolute Gasteiger partial charge is 0.380 e. The van der Waals surface area contributed by atoms with Crippen LogP contribution in [0.1, 0.15) is 74.4 Å². The molecule has 1 aromatic carbocycles. The van der Waals surface area contributed by atoms with Crippen LogP contribution in [0.3, 0.4) is 0 Å². The maximum absolute atomic E-state index is 14.7. The van der Waals surface area contributed by atoms with E-state index in [0.29, 0.717) is 35.2 Å². The van der Waals surface area contributed by atoms with Crippen LogP contribution in [0.2, 0.25) is 0 Å². The number of carbonyl (C=O) groups is 2. The number of hydrogen-bond donors (Lipinski definition) is 0. The first-order valence-corrected chi connectivity index (χ1v) is 12.6. The molecule has 0 fully saturated rings. The zero-order valence-corrected chi connectivity index (χ0v) is 22.0. The lowest BCUT2D eigenvalue weighted by molar-refractivity contribution is -0.127. The minimum Gasteiger partial charge on any atom is -0.380 e. The number of likely N-dealkylation sites (N-methyl/N-ethyl adjacent to an activating group) is 1. The normalized spacial score (nSPS) is 21.3. The number of pyridine rings is 1. The smallest absolute Gasteiger partial charge is 0.252 e. The van der Waals surface area contributed by atoms with E-state index in [4.69, 9.17) is 9.72 Å². The molecule has 0 radical (unpaired) electrons. The fourth-order valence-corrected chi connectivity index (χ4v) is 5.29. The van der Waals surface area contributed by atoms with Gasteiger partial charge in [0, 0.05) is 49.2 Å². The van der Waals surface area contributed by atoms with Gasteiger partial charge in [0.25, 0.3) is 5.91 Å². The number of hydrogen-bond acceptors (Lipinski definition) is 4. The van der Waals surface area contributed by atoms with Crippen LogP contribution < -0.4 is 0 Å². The van der Waals surface area contributed by atoms with Crippen molar-refractivity contribution in [1.82, 2.24) is 9.88 Å². The molecule has 1 aromatic heterocycles. The maximum Gasteiger partial charge on any atom is 0.252 e. The molecule has 2 heterocycles. The number of allylic oxidation sites excluding steroid dienone is 2. The predicted octanol–water partition coefficient (Wildman–Crippen LogP) is 5.91. The molecular weight excluding hydrogens is 443 g/mol. The number of fused-ring (bicyclic) bond motifs is 2. The van der Waals surface area contributed by atoms with E-state index in [1.807, 2.05) is 39.8 Å². The number of amides is 1. The van der Waals surface area contributed by atoms with Gasteiger partial charge in [0.15, 0.2) is 0 Å². The van der Waals surface area contributed by atoms with E-state index in [1.165, 1.54) is 6.07 Å². The van der Waals surface area contributed by atoms with Crippen LogP contribution in [0, 0.1) is 18.7 Å². The Kier molecular flexibility index (Phi) is 8.60. The summed E-state index contributed by atoms with van der Waals surface area (Å²) >= 11 is 0. The summed E-state index contributed by atoms with van der Waals surface area (Å²) in [4.78, 5) is 31.9. The van der Waals surface area contributed by atoms with Gasteiger partial charge >= 0.3 is 0 Å². The second-order valence-electron chi connectivity index (χ2n) is 9.20. The van der Waals surface area contributed by atoms with Crippen molar-refractivity contribution in [1.29, 1.82) is 0 Å². The molecule has 0 spiro atoms. The molecule has 0 bridgehead atoms. The van der Waals surface area contributed by atoms with E-state index in [0.717, 1.165) is 46.9 Å². The average molecular weight is 481 g/mol. The third kappa shape index (κ3) is 4.81. The van der Waals surface area contributed by atoms with Gasteiger partial charge in [-0.1, -0.05) is 33.8 Å². The lowest BCUT2D eigenvalue weighted by atomic mass is 9.79. The van der Waals surface area contributed by atoms with E-state index in [1.54, 1.807) is 19.1 Å². The van der Waals surface area contributed by atoms with E-state index in [9.17, 15) is 14.0 Å². The van der Waals surface area contributed by atoms with Gasteiger partial charge in [-0.2, -0.15) is 0 Å². The fourth-order valence-electron chi connectivity index (χ4n) is 5.29. The number of benzene rings is 1. The second kappa shape index (κ2) is 11.3. The molecule has 1 amide bonds. The molecule has 0 saturated heterocycles. The van der Waals surface area contributed by atoms with Crippen molar-refractivity contribution in [3.05, 3.63) is 57.1 Å². The summed E-state index contributed by atoms with van der Waals surface area (Å²) in [6.45, 7) is 10.4. The highest BCUT2D eigenvalue weighted by Crippen LogP contribution is 2.42. The number of ether oxygens (including phenoxy) is 1. The van der Waals surface area contributed by atoms with Crippen LogP contribution in [0.25, 0.3) is 17.0 Å². The van der Waals surface area contributed by atoms with Crippen molar-refractivity contribution in [3.63, 3.8) is 0 Å². The molecule has 5 nitrogen and oxygen atoms in total. The standard InChI is InChI=1S/C27H31FN2O3.C2H6/c1-6-17(13-31)19-9-10-23-20(12-30(4)27(32)21(19)14-33-5)25-15(2)7-8-18-16(3)22(28)11-24(29-23)26(18)25;1-2/h9-11,13,15,17H,6-8,12,14H2,1-5H3;1-2H3/b10-9+,21-19+;. The molecule has 4 rings (SSSR count). The first-order valence-electron chi connectivity index (χ1n) is 12.6. The Morgan fingerprint density at radius 1 is 1.29 bits per heavy atom. The van der Waals surface area contributed by atoms with Crippen LogP contribution in [-0.2, 0) is 27.3 Å². The number of aryl methyl sites for hydroxylation is 1. The van der Waals surface area contributed by atoms with Crippen LogP contribution in [-0.4, -0.2) is 42.8 Å². The first kappa shape index (κ1) is 26.7. The number of nitrogens with zero attached hydrogens (tertiary/aromatic N) is 2. The van der Waals surface area contributed by atoms with Gasteiger partial charge in [-0.15, -0.1) is 0 Å². The first-order chi connectivity index (χ1) is 16.8. The van der Waals surface area contributed by atoms with Crippen molar-refractivity contribution in [3.8, 4) is 0 Å². The van der Waals surface area contributed by atoms with E-state index < -0.39 is 5.92 Å². The summed E-state index contributed by atoms with van der Waals surface area (Å²) in [7, 11) is 3.32. The summed E-state index contributed by atoms with van der Waals surface area (Å²) in [5.74, 6) is -0.547. The van der Waals surface area contributed by atoms with Gasteiger partial charge < -0.3 is 14.4 Å². The third-order valence-corrected chi connectivity index (χ3v) is 7.16. The lowest BCUT2D eigenvalue weighted by Crippen LogP contribution is -2.31. The highest BCUT2D eigenvalue weighted by molar-refractivity contribution is 5.97. The number of aldehydes is 1. The van der Waals surface area contributed by atoms with Crippen LogP contribution >= 0.6 is 0 Å². The van der Waals surface area contributed by atoms with Crippen molar-refractivity contribution in [2.45, 2.75) is 66.3 Å². The molecule has 35 heavy (non-hydrogen) atoms. The van der Waals surface area contributed by atoms with Gasteiger partial charge in [-0.25, -0.2) is 9.37 Å². The summed E-state index contributed by atoms with van der Waals surface area (Å²) in [6, 6.07) is 1.53. The molecule has 6 heteroatoms. The Morgan fingerprint density at radius 2 is 2.00 bits per heavy atom. The van der Waals surface area contributed by atoms with Gasteiger partial charge in [0.05, 0.1) is 17.8 Å². The van der Waals surface area contributed by atoms with Gasteiger partial charge in [0.1, 0.15) is 12.1 Å². The summed E-state index contributed by atoms with van der Waals surface area (Å²) < 4.78 is 20.1. The molecule has 1 aliphatic heterocycles. The van der Waals surface area contributed by atoms with Crippen LogP contribution in [0.5, 0.6) is 0 Å². The summed E-state index contributed by atoms with van der Waals surface area (Å²) in [5, 5.41) is 1.03. The van der Waals surface area contributed by atoms with Crippen molar-refractivity contribution < 1.29 is 18.7 Å². The molecule has 2 atom stereocenters. The number of aromatic nitrogens is 1. The summed E-state index contributed by atoms with van der Waals surface area (Å²) in [6.07, 6.45) is 6.91. The SMILES string of the molecule is CC.CCC(C=O)C1=C(\COC)C(=O)N(C)Cc2c(nc3cc(F)c(C)c4c3c2C(C)CC4)\C=C\1. The number of carbonyl (C=O) groups excluding carboxylic acids is 2. The molecule has 1 aliphatic carbocycles. The Morgan fingerprint density at radius 3 is 2.63 bits per heavy atom.